The second-order valence-corrected chi connectivity index (χ2v) is 5.37. The molecule has 0 atom stereocenters. The molecule has 1 rings (SSSR count). The molecule has 2 nitrogen and oxygen atoms in total. The molecule has 0 saturated carbocycles. The third-order valence-corrected chi connectivity index (χ3v) is 3.13. The van der Waals surface area contributed by atoms with Crippen LogP contribution < -0.4 is 0 Å². The fraction of sp³-hybridized carbons (Fsp3) is 1.00. The number of halogens is 1. The first-order valence-corrected chi connectivity index (χ1v) is 6.60. The highest BCUT2D eigenvalue weighted by Crippen LogP contribution is 2.16. The fourth-order valence-electron chi connectivity index (χ4n) is 2.09. The van der Waals surface area contributed by atoms with E-state index in [0.29, 0.717) is 0 Å². The Labute approximate surface area is 98.9 Å². The van der Waals surface area contributed by atoms with Crippen LogP contribution >= 0.6 is 11.6 Å². The lowest BCUT2D eigenvalue weighted by Gasteiger charge is -2.38. The van der Waals surface area contributed by atoms with Gasteiger partial charge in [0.05, 0.1) is 12.2 Å². The Morgan fingerprint density at radius 3 is 2.60 bits per heavy atom. The molecule has 1 saturated heterocycles. The first-order chi connectivity index (χ1) is 7.14. The van der Waals surface area contributed by atoms with E-state index >= 15 is 0 Å². The molecule has 0 aromatic carbocycles. The van der Waals surface area contributed by atoms with Crippen LogP contribution in [0.3, 0.4) is 0 Å². The average molecular weight is 234 g/mol. The summed E-state index contributed by atoms with van der Waals surface area (Å²) >= 11 is 5.64. The predicted octanol–water partition coefficient (Wildman–Crippen LogP) is 2.90. The maximum atomic E-state index is 5.68. The van der Waals surface area contributed by atoms with Crippen LogP contribution in [-0.2, 0) is 4.74 Å². The molecule has 90 valence electrons. The van der Waals surface area contributed by atoms with Crippen LogP contribution in [0.2, 0.25) is 0 Å². The van der Waals surface area contributed by atoms with E-state index in [4.69, 9.17) is 16.3 Å². The van der Waals surface area contributed by atoms with Gasteiger partial charge in [-0.15, -0.1) is 11.6 Å². The van der Waals surface area contributed by atoms with Crippen molar-refractivity contribution in [2.24, 2.45) is 0 Å². The quantitative estimate of drug-likeness (QED) is 0.517. The van der Waals surface area contributed by atoms with Gasteiger partial charge in [0.2, 0.25) is 0 Å². The van der Waals surface area contributed by atoms with Crippen molar-refractivity contribution in [2.45, 2.75) is 45.1 Å². The van der Waals surface area contributed by atoms with E-state index in [0.717, 1.165) is 32.0 Å². The minimum atomic E-state index is 0.0500. The third-order valence-electron chi connectivity index (χ3n) is 2.86. The van der Waals surface area contributed by atoms with E-state index in [-0.39, 0.29) is 5.60 Å². The fourth-order valence-corrected chi connectivity index (χ4v) is 2.28. The zero-order chi connectivity index (χ0) is 11.1. The number of hydrogen-bond donors (Lipinski definition) is 0. The molecule has 0 amide bonds. The number of hydrogen-bond acceptors (Lipinski definition) is 2. The van der Waals surface area contributed by atoms with Crippen LogP contribution in [0.25, 0.3) is 0 Å². The number of unbranched alkanes of at least 4 members (excludes halogenated alkanes) is 3. The molecule has 0 N–H and O–H groups in total. The lowest BCUT2D eigenvalue weighted by atomic mass is 10.1. The second-order valence-electron chi connectivity index (χ2n) is 4.99. The van der Waals surface area contributed by atoms with Gasteiger partial charge in [-0.3, -0.25) is 4.90 Å². The number of nitrogens with zero attached hydrogens (tertiary/aromatic N) is 1. The molecule has 3 heteroatoms. The molecule has 0 radical (unpaired) electrons. The van der Waals surface area contributed by atoms with Crippen LogP contribution in [0.5, 0.6) is 0 Å². The maximum Gasteiger partial charge on any atom is 0.0753 e. The van der Waals surface area contributed by atoms with Gasteiger partial charge < -0.3 is 4.74 Å². The van der Waals surface area contributed by atoms with Crippen molar-refractivity contribution in [3.63, 3.8) is 0 Å². The Balaban J connectivity index is 2.05. The largest absolute Gasteiger partial charge is 0.373 e. The minimum Gasteiger partial charge on any atom is -0.373 e. The van der Waals surface area contributed by atoms with Crippen molar-refractivity contribution in [1.29, 1.82) is 0 Å². The number of alkyl halides is 1. The molecule has 1 fully saturated rings. The Hall–Kier alpha value is 0.210. The molecule has 0 aromatic rings. The number of rotatable bonds is 6. The lowest BCUT2D eigenvalue weighted by molar-refractivity contribution is -0.0861. The maximum absolute atomic E-state index is 5.68. The summed E-state index contributed by atoms with van der Waals surface area (Å²) in [5.74, 6) is 0.810. The smallest absolute Gasteiger partial charge is 0.0753 e. The van der Waals surface area contributed by atoms with Gasteiger partial charge in [-0.1, -0.05) is 12.8 Å². The highest BCUT2D eigenvalue weighted by Gasteiger charge is 2.26. The highest BCUT2D eigenvalue weighted by molar-refractivity contribution is 6.17. The van der Waals surface area contributed by atoms with E-state index in [1.165, 1.54) is 25.8 Å². The van der Waals surface area contributed by atoms with Crippen LogP contribution in [0.4, 0.5) is 0 Å². The molecule has 15 heavy (non-hydrogen) atoms. The second kappa shape index (κ2) is 6.72. The van der Waals surface area contributed by atoms with Crippen LogP contribution in [-0.4, -0.2) is 42.6 Å². The van der Waals surface area contributed by atoms with Gasteiger partial charge in [0.1, 0.15) is 0 Å². The number of ether oxygens (including phenoxy) is 1. The summed E-state index contributed by atoms with van der Waals surface area (Å²) < 4.78 is 5.68. The van der Waals surface area contributed by atoms with E-state index in [2.05, 4.69) is 18.7 Å². The van der Waals surface area contributed by atoms with Crippen molar-refractivity contribution in [2.75, 3.05) is 32.1 Å². The van der Waals surface area contributed by atoms with Crippen LogP contribution in [0, 0.1) is 0 Å². The van der Waals surface area contributed by atoms with Gasteiger partial charge in [-0.25, -0.2) is 0 Å². The van der Waals surface area contributed by atoms with Crippen molar-refractivity contribution in [1.82, 2.24) is 4.90 Å². The third kappa shape index (κ3) is 5.74. The van der Waals surface area contributed by atoms with Crippen LogP contribution in [0.1, 0.15) is 39.5 Å². The highest BCUT2D eigenvalue weighted by atomic mass is 35.5. The summed E-state index contributed by atoms with van der Waals surface area (Å²) in [6, 6.07) is 0. The van der Waals surface area contributed by atoms with Gasteiger partial charge in [0.15, 0.2) is 0 Å². The van der Waals surface area contributed by atoms with E-state index in [9.17, 15) is 0 Å². The van der Waals surface area contributed by atoms with Crippen molar-refractivity contribution < 1.29 is 4.74 Å². The van der Waals surface area contributed by atoms with Crippen molar-refractivity contribution >= 4 is 11.6 Å². The molecule has 1 aliphatic rings. The summed E-state index contributed by atoms with van der Waals surface area (Å²) in [5.41, 5.74) is 0.0500. The molecular weight excluding hydrogens is 210 g/mol. The zero-order valence-corrected chi connectivity index (χ0v) is 10.9. The summed E-state index contributed by atoms with van der Waals surface area (Å²) in [6.45, 7) is 8.62. The molecule has 0 aliphatic carbocycles. The number of morpholine rings is 1. The first kappa shape index (κ1) is 13.3. The summed E-state index contributed by atoms with van der Waals surface area (Å²) in [4.78, 5) is 2.52. The Bertz CT molecular complexity index is 173. The standard InChI is InChI=1S/C12H24ClNO/c1-12(2)11-14(9-10-15-12)8-6-4-3-5-7-13/h3-11H2,1-2H3. The molecule has 0 spiro atoms. The minimum absolute atomic E-state index is 0.0500. The molecule has 0 bridgehead atoms. The summed E-state index contributed by atoms with van der Waals surface area (Å²) in [6.07, 6.45) is 5.05. The Morgan fingerprint density at radius 1 is 1.20 bits per heavy atom. The summed E-state index contributed by atoms with van der Waals surface area (Å²) in [5, 5.41) is 0. The van der Waals surface area contributed by atoms with Gasteiger partial charge in [-0.05, 0) is 33.2 Å². The molecule has 1 heterocycles. The van der Waals surface area contributed by atoms with E-state index < -0.39 is 0 Å². The SMILES string of the molecule is CC1(C)CN(CCCCCCCl)CCO1. The van der Waals surface area contributed by atoms with Crippen molar-refractivity contribution in [3.8, 4) is 0 Å². The first-order valence-electron chi connectivity index (χ1n) is 6.06. The van der Waals surface area contributed by atoms with Crippen LogP contribution in [0.15, 0.2) is 0 Å². The zero-order valence-electron chi connectivity index (χ0n) is 10.1. The lowest BCUT2D eigenvalue weighted by Crippen LogP contribution is -2.48. The molecule has 1 aliphatic heterocycles. The summed E-state index contributed by atoms with van der Waals surface area (Å²) in [7, 11) is 0. The van der Waals surface area contributed by atoms with E-state index in [1.54, 1.807) is 0 Å². The molecular formula is C12H24ClNO. The Morgan fingerprint density at radius 2 is 1.93 bits per heavy atom. The normalized spacial score (nSPS) is 21.8. The van der Waals surface area contributed by atoms with E-state index in [1.807, 2.05) is 0 Å². The van der Waals surface area contributed by atoms with Crippen molar-refractivity contribution in [3.05, 3.63) is 0 Å². The Kier molecular flexibility index (Phi) is 5.95. The van der Waals surface area contributed by atoms with Gasteiger partial charge >= 0.3 is 0 Å². The van der Waals surface area contributed by atoms with Gasteiger partial charge in [0, 0.05) is 19.0 Å². The van der Waals surface area contributed by atoms with Gasteiger partial charge in [-0.2, -0.15) is 0 Å². The predicted molar refractivity (Wildman–Crippen MR) is 65.7 cm³/mol. The average Bonchev–Trinajstić information content (AvgIpc) is 2.16. The monoisotopic (exact) mass is 233 g/mol. The topological polar surface area (TPSA) is 12.5 Å². The molecule has 0 unspecified atom stereocenters. The van der Waals surface area contributed by atoms with Gasteiger partial charge in [0.25, 0.3) is 0 Å². The molecule has 0 aromatic heterocycles.